The Morgan fingerprint density at radius 3 is 2.54 bits per heavy atom. The first-order chi connectivity index (χ1) is 12.8. The highest BCUT2D eigenvalue weighted by atomic mass is 16.2. The number of amides is 2. The molecule has 3 N–H and O–H groups in total. The fourth-order valence-electron chi connectivity index (χ4n) is 3.05. The van der Waals surface area contributed by atoms with Gasteiger partial charge in [-0.05, 0) is 54.4 Å². The van der Waals surface area contributed by atoms with Crippen molar-refractivity contribution in [2.24, 2.45) is 0 Å². The van der Waals surface area contributed by atoms with E-state index in [4.69, 9.17) is 0 Å². The number of nitrogens with one attached hydrogen (secondary N) is 3. The third kappa shape index (κ3) is 3.47. The summed E-state index contributed by atoms with van der Waals surface area (Å²) in [6, 6.07) is 19.7. The predicted molar refractivity (Wildman–Crippen MR) is 105 cm³/mol. The van der Waals surface area contributed by atoms with Gasteiger partial charge in [0.1, 0.15) is 0 Å². The minimum absolute atomic E-state index is 0.196. The van der Waals surface area contributed by atoms with E-state index >= 15 is 0 Å². The van der Waals surface area contributed by atoms with Crippen molar-refractivity contribution in [1.29, 1.82) is 0 Å². The number of H-pyrrole nitrogens is 1. The Kier molecular flexibility index (Phi) is 4.43. The van der Waals surface area contributed by atoms with Crippen molar-refractivity contribution in [3.8, 4) is 5.69 Å². The van der Waals surface area contributed by atoms with E-state index in [9.17, 15) is 4.79 Å². The fraction of sp³-hybridized carbons (Fsp3) is 0.0952. The summed E-state index contributed by atoms with van der Waals surface area (Å²) >= 11 is 0. The van der Waals surface area contributed by atoms with Gasteiger partial charge in [0.05, 0.1) is 0 Å². The van der Waals surface area contributed by atoms with E-state index in [0.29, 0.717) is 6.54 Å². The van der Waals surface area contributed by atoms with Gasteiger partial charge in [0, 0.05) is 47.4 Å². The minimum atomic E-state index is -0.196. The lowest BCUT2D eigenvalue weighted by atomic mass is 10.1. The lowest BCUT2D eigenvalue weighted by Gasteiger charge is -2.09. The summed E-state index contributed by atoms with van der Waals surface area (Å²) in [7, 11) is 0. The maximum absolute atomic E-state index is 12.1. The predicted octanol–water partition coefficient (Wildman–Crippen LogP) is 4.32. The van der Waals surface area contributed by atoms with Gasteiger partial charge in [0.15, 0.2) is 0 Å². The van der Waals surface area contributed by atoms with Crippen LogP contribution < -0.4 is 10.6 Å². The number of fused-ring (bicyclic) bond motifs is 1. The Balaban J connectivity index is 1.30. The molecule has 5 heteroatoms. The molecule has 2 heterocycles. The number of aromatic nitrogens is 2. The highest BCUT2D eigenvalue weighted by Crippen LogP contribution is 2.17. The molecule has 0 atom stereocenters. The quantitative estimate of drug-likeness (QED) is 0.496. The van der Waals surface area contributed by atoms with Crippen LogP contribution in [-0.2, 0) is 6.42 Å². The monoisotopic (exact) mass is 344 g/mol. The van der Waals surface area contributed by atoms with Crippen LogP contribution in [0.25, 0.3) is 16.6 Å². The molecule has 0 aliphatic rings. The number of aromatic amines is 1. The van der Waals surface area contributed by atoms with Crippen LogP contribution in [0.15, 0.2) is 79.3 Å². The van der Waals surface area contributed by atoms with Crippen LogP contribution in [0, 0.1) is 0 Å². The Labute approximate surface area is 151 Å². The molecule has 26 heavy (non-hydrogen) atoms. The van der Waals surface area contributed by atoms with Gasteiger partial charge < -0.3 is 20.2 Å². The fourth-order valence-corrected chi connectivity index (χ4v) is 3.05. The van der Waals surface area contributed by atoms with E-state index in [-0.39, 0.29) is 6.03 Å². The third-order valence-corrected chi connectivity index (χ3v) is 4.38. The first-order valence-corrected chi connectivity index (χ1v) is 8.63. The number of hydrogen-bond donors (Lipinski definition) is 3. The standard InChI is InChI=1S/C21H20N4O/c26-21(22-12-11-16-15-23-20-6-2-1-5-19(16)20)24-17-7-9-18(10-8-17)25-13-3-4-14-25/h1-10,13-15,23H,11-12H2,(H2,22,24,26). The van der Waals surface area contributed by atoms with Crippen molar-refractivity contribution < 1.29 is 4.79 Å². The van der Waals surface area contributed by atoms with Gasteiger partial charge in [0.2, 0.25) is 0 Å². The van der Waals surface area contributed by atoms with Crippen molar-refractivity contribution in [2.75, 3.05) is 11.9 Å². The number of rotatable bonds is 5. The summed E-state index contributed by atoms with van der Waals surface area (Å²) < 4.78 is 2.02. The Morgan fingerprint density at radius 1 is 0.962 bits per heavy atom. The molecule has 2 aromatic heterocycles. The molecule has 130 valence electrons. The molecule has 2 aromatic carbocycles. The number of carbonyl (C=O) groups is 1. The Morgan fingerprint density at radius 2 is 1.73 bits per heavy atom. The van der Waals surface area contributed by atoms with E-state index < -0.39 is 0 Å². The summed E-state index contributed by atoms with van der Waals surface area (Å²) in [4.78, 5) is 15.3. The van der Waals surface area contributed by atoms with Crippen LogP contribution in [0.2, 0.25) is 0 Å². The van der Waals surface area contributed by atoms with Gasteiger partial charge in [0.25, 0.3) is 0 Å². The molecular formula is C21H20N4O. The van der Waals surface area contributed by atoms with Gasteiger partial charge in [-0.3, -0.25) is 0 Å². The zero-order valence-corrected chi connectivity index (χ0v) is 14.3. The number of nitrogens with zero attached hydrogens (tertiary/aromatic N) is 1. The molecule has 0 spiro atoms. The lowest BCUT2D eigenvalue weighted by molar-refractivity contribution is 0.252. The van der Waals surface area contributed by atoms with Gasteiger partial charge in [-0.1, -0.05) is 18.2 Å². The molecule has 0 aliphatic heterocycles. The first kappa shape index (κ1) is 16.0. The van der Waals surface area contributed by atoms with Crippen LogP contribution in [0.4, 0.5) is 10.5 Å². The molecule has 5 nitrogen and oxygen atoms in total. The molecule has 2 amide bonds. The van der Waals surface area contributed by atoms with Crippen molar-refractivity contribution in [3.63, 3.8) is 0 Å². The third-order valence-electron chi connectivity index (χ3n) is 4.38. The molecule has 4 aromatic rings. The second-order valence-electron chi connectivity index (χ2n) is 6.13. The van der Waals surface area contributed by atoms with Gasteiger partial charge >= 0.3 is 6.03 Å². The van der Waals surface area contributed by atoms with Crippen LogP contribution >= 0.6 is 0 Å². The maximum atomic E-state index is 12.1. The molecule has 0 fully saturated rings. The van der Waals surface area contributed by atoms with Crippen molar-refractivity contribution >= 4 is 22.6 Å². The number of anilines is 1. The number of benzene rings is 2. The van der Waals surface area contributed by atoms with Crippen LogP contribution in [0.1, 0.15) is 5.56 Å². The summed E-state index contributed by atoms with van der Waals surface area (Å²) in [6.07, 6.45) is 6.76. The van der Waals surface area contributed by atoms with E-state index in [2.05, 4.69) is 27.8 Å². The second kappa shape index (κ2) is 7.19. The first-order valence-electron chi connectivity index (χ1n) is 8.63. The number of hydrogen-bond acceptors (Lipinski definition) is 1. The van der Waals surface area contributed by atoms with Gasteiger partial charge in [-0.15, -0.1) is 0 Å². The number of carbonyl (C=O) groups excluding carboxylic acids is 1. The van der Waals surface area contributed by atoms with Crippen LogP contribution in [0.5, 0.6) is 0 Å². The van der Waals surface area contributed by atoms with Gasteiger partial charge in [-0.25, -0.2) is 4.79 Å². The average Bonchev–Trinajstić information content (AvgIpc) is 3.33. The molecule has 0 bridgehead atoms. The maximum Gasteiger partial charge on any atom is 0.319 e. The summed E-state index contributed by atoms with van der Waals surface area (Å²) in [5.41, 5.74) is 4.15. The van der Waals surface area contributed by atoms with E-state index in [1.165, 1.54) is 10.9 Å². The summed E-state index contributed by atoms with van der Waals surface area (Å²) in [5.74, 6) is 0. The number of urea groups is 1. The van der Waals surface area contributed by atoms with Crippen molar-refractivity contribution in [1.82, 2.24) is 14.9 Å². The molecule has 0 aliphatic carbocycles. The zero-order chi connectivity index (χ0) is 17.8. The molecular weight excluding hydrogens is 324 g/mol. The average molecular weight is 344 g/mol. The molecule has 0 saturated heterocycles. The van der Waals surface area contributed by atoms with E-state index in [0.717, 1.165) is 23.3 Å². The summed E-state index contributed by atoms with van der Waals surface area (Å²) in [5, 5.41) is 6.98. The SMILES string of the molecule is O=C(NCCc1c[nH]c2ccccc12)Nc1ccc(-n2cccc2)cc1. The molecule has 4 rings (SSSR count). The van der Waals surface area contributed by atoms with Gasteiger partial charge in [-0.2, -0.15) is 0 Å². The van der Waals surface area contributed by atoms with E-state index in [1.54, 1.807) is 0 Å². The Hall–Kier alpha value is -3.47. The minimum Gasteiger partial charge on any atom is -0.361 e. The van der Waals surface area contributed by atoms with Crippen LogP contribution in [0.3, 0.4) is 0 Å². The molecule has 0 unspecified atom stereocenters. The van der Waals surface area contributed by atoms with Crippen LogP contribution in [-0.4, -0.2) is 22.1 Å². The largest absolute Gasteiger partial charge is 0.361 e. The smallest absolute Gasteiger partial charge is 0.319 e. The molecule has 0 saturated carbocycles. The summed E-state index contributed by atoms with van der Waals surface area (Å²) in [6.45, 7) is 0.579. The second-order valence-corrected chi connectivity index (χ2v) is 6.13. The van der Waals surface area contributed by atoms with Crippen molar-refractivity contribution in [3.05, 3.63) is 84.8 Å². The van der Waals surface area contributed by atoms with Crippen molar-refractivity contribution in [2.45, 2.75) is 6.42 Å². The lowest BCUT2D eigenvalue weighted by Crippen LogP contribution is -2.30. The highest BCUT2D eigenvalue weighted by molar-refractivity contribution is 5.89. The Bertz CT molecular complexity index is 1000. The topological polar surface area (TPSA) is 61.9 Å². The highest BCUT2D eigenvalue weighted by Gasteiger charge is 2.05. The zero-order valence-electron chi connectivity index (χ0n) is 14.3. The number of para-hydroxylation sites is 1. The normalized spacial score (nSPS) is 10.8. The molecule has 0 radical (unpaired) electrons. The van der Waals surface area contributed by atoms with E-state index in [1.807, 2.05) is 71.7 Å².